The summed E-state index contributed by atoms with van der Waals surface area (Å²) in [4.78, 5) is 34.8. The van der Waals surface area contributed by atoms with Gasteiger partial charge in [0.15, 0.2) is 19.5 Å². The van der Waals surface area contributed by atoms with E-state index in [0.29, 0.717) is 12.1 Å². The largest absolute Gasteiger partial charge is 0.411 e. The van der Waals surface area contributed by atoms with Crippen molar-refractivity contribution in [2.24, 2.45) is 0 Å². The fourth-order valence-corrected chi connectivity index (χ4v) is 4.63. The van der Waals surface area contributed by atoms with Crippen LogP contribution in [0.3, 0.4) is 0 Å². The van der Waals surface area contributed by atoms with Crippen molar-refractivity contribution in [2.75, 3.05) is 5.32 Å². The molecule has 1 aliphatic heterocycles. The molecule has 0 radical (unpaired) electrons. The summed E-state index contributed by atoms with van der Waals surface area (Å²) in [7, 11) is -1.96. The number of aromatic nitrogens is 4. The summed E-state index contributed by atoms with van der Waals surface area (Å²) < 4.78 is 14.7. The van der Waals surface area contributed by atoms with E-state index in [2.05, 4.69) is 61.1 Å². The number of carbonyl (C=O) groups is 1. The predicted octanol–water partition coefficient (Wildman–Crippen LogP) is 3.17. The number of imidazole rings is 1. The fraction of sp³-hybridized carbons (Fsp3) is 0.684. The van der Waals surface area contributed by atoms with Crippen LogP contribution in [0.4, 0.5) is 5.95 Å². The number of nitrogens with one attached hydrogen (secondary N) is 2. The third-order valence-corrected chi connectivity index (χ3v) is 10.4. The molecule has 1 fully saturated rings. The van der Waals surface area contributed by atoms with Gasteiger partial charge in [-0.1, -0.05) is 27.7 Å². The molecule has 1 aliphatic rings. The van der Waals surface area contributed by atoms with Crippen LogP contribution in [0.2, 0.25) is 18.1 Å². The lowest BCUT2D eigenvalue weighted by atomic mass is 10.1. The van der Waals surface area contributed by atoms with E-state index in [4.69, 9.17) is 9.16 Å². The third-order valence-electron chi connectivity index (χ3n) is 5.87. The molecule has 2 aromatic rings. The van der Waals surface area contributed by atoms with Crippen molar-refractivity contribution >= 4 is 31.3 Å². The molecule has 2 N–H and O–H groups in total. The number of hydrogen-bond donors (Lipinski definition) is 2. The van der Waals surface area contributed by atoms with Crippen LogP contribution >= 0.6 is 0 Å². The van der Waals surface area contributed by atoms with Crippen LogP contribution in [0.25, 0.3) is 11.2 Å². The number of fused-ring (bicyclic) bond motifs is 1. The van der Waals surface area contributed by atoms with E-state index in [1.807, 2.05) is 0 Å². The van der Waals surface area contributed by atoms with Crippen LogP contribution in [0, 0.1) is 0 Å². The fourth-order valence-electron chi connectivity index (χ4n) is 3.28. The van der Waals surface area contributed by atoms with Gasteiger partial charge in [-0.25, -0.2) is 4.98 Å². The number of hydrogen-bond acceptors (Lipinski definition) is 6. The summed E-state index contributed by atoms with van der Waals surface area (Å²) >= 11 is 0. The number of nitrogens with zero attached hydrogens (tertiary/aromatic N) is 3. The van der Waals surface area contributed by atoms with Crippen molar-refractivity contribution in [1.29, 1.82) is 0 Å². The quantitative estimate of drug-likeness (QED) is 0.717. The zero-order chi connectivity index (χ0) is 21.6. The first kappa shape index (κ1) is 21.7. The minimum Gasteiger partial charge on any atom is -0.411 e. The average molecular weight is 422 g/mol. The molecule has 160 valence electrons. The molecule has 3 heterocycles. The predicted molar refractivity (Wildman–Crippen MR) is 113 cm³/mol. The highest BCUT2D eigenvalue weighted by atomic mass is 28.4. The van der Waals surface area contributed by atoms with Gasteiger partial charge in [-0.15, -0.1) is 0 Å². The highest BCUT2D eigenvalue weighted by Crippen LogP contribution is 2.41. The molecule has 1 saturated heterocycles. The molecule has 3 atom stereocenters. The molecule has 1 unspecified atom stereocenters. The normalized spacial score (nSPS) is 22.9. The van der Waals surface area contributed by atoms with Gasteiger partial charge in [-0.2, -0.15) is 4.98 Å². The number of rotatable bonds is 5. The second kappa shape index (κ2) is 7.65. The standard InChI is InChI=1S/C19H31N5O4Si/c1-8-12-13(28-29(6,7)19(3,4)5)9-14(27-12)24-10-20-15-16(24)22-18(21-11(2)25)23-17(15)26/h10,12-14H,8-9H2,1-7H3,(H2,21,22,23,25,26)/t12-,13?,14-/m1/s1. The molecule has 29 heavy (non-hydrogen) atoms. The van der Waals surface area contributed by atoms with Gasteiger partial charge in [0.1, 0.15) is 6.23 Å². The van der Waals surface area contributed by atoms with E-state index >= 15 is 0 Å². The molecular formula is C19H31N5O4Si. The van der Waals surface area contributed by atoms with Crippen LogP contribution in [0.5, 0.6) is 0 Å². The van der Waals surface area contributed by atoms with Gasteiger partial charge in [0.25, 0.3) is 5.56 Å². The van der Waals surface area contributed by atoms with Crippen molar-refractivity contribution in [2.45, 2.75) is 84.0 Å². The van der Waals surface area contributed by atoms with Gasteiger partial charge in [0.2, 0.25) is 11.9 Å². The second-order valence-corrected chi connectivity index (χ2v) is 13.9. The third kappa shape index (κ3) is 4.29. The maximum absolute atomic E-state index is 12.3. The molecule has 1 amide bonds. The van der Waals surface area contributed by atoms with E-state index in [1.165, 1.54) is 6.92 Å². The van der Waals surface area contributed by atoms with Gasteiger partial charge >= 0.3 is 0 Å². The molecule has 2 aromatic heterocycles. The molecule has 0 aliphatic carbocycles. The van der Waals surface area contributed by atoms with E-state index in [0.717, 1.165) is 6.42 Å². The summed E-state index contributed by atoms with van der Waals surface area (Å²) in [5.41, 5.74) is 0.187. The molecule has 10 heteroatoms. The maximum atomic E-state index is 12.3. The van der Waals surface area contributed by atoms with Crippen molar-refractivity contribution in [1.82, 2.24) is 19.5 Å². The molecule has 3 rings (SSSR count). The van der Waals surface area contributed by atoms with Crippen LogP contribution in [0.1, 0.15) is 53.7 Å². The van der Waals surface area contributed by atoms with Gasteiger partial charge in [-0.3, -0.25) is 24.5 Å². The van der Waals surface area contributed by atoms with E-state index in [1.54, 1.807) is 10.9 Å². The highest BCUT2D eigenvalue weighted by molar-refractivity contribution is 6.74. The summed E-state index contributed by atoms with van der Waals surface area (Å²) in [6.45, 7) is 14.6. The van der Waals surface area contributed by atoms with Crippen LogP contribution in [-0.2, 0) is 14.0 Å². The lowest BCUT2D eigenvalue weighted by Gasteiger charge is -2.39. The number of ether oxygens (including phenoxy) is 1. The Morgan fingerprint density at radius 2 is 2.14 bits per heavy atom. The van der Waals surface area contributed by atoms with Gasteiger partial charge < -0.3 is 9.16 Å². The Labute approximate surface area is 171 Å². The Balaban J connectivity index is 1.91. The number of amides is 1. The lowest BCUT2D eigenvalue weighted by molar-refractivity contribution is -0.114. The van der Waals surface area contributed by atoms with Crippen molar-refractivity contribution in [3.63, 3.8) is 0 Å². The number of carbonyl (C=O) groups excluding carboxylic acids is 1. The first-order valence-electron chi connectivity index (χ1n) is 10.0. The van der Waals surface area contributed by atoms with E-state index < -0.39 is 13.9 Å². The van der Waals surface area contributed by atoms with Gasteiger partial charge in [-0.05, 0) is 24.6 Å². The van der Waals surface area contributed by atoms with E-state index in [9.17, 15) is 9.59 Å². The molecule has 0 aromatic carbocycles. The summed E-state index contributed by atoms with van der Waals surface area (Å²) in [6, 6.07) is 0. The summed E-state index contributed by atoms with van der Waals surface area (Å²) in [5, 5.41) is 2.62. The monoisotopic (exact) mass is 421 g/mol. The Morgan fingerprint density at radius 3 is 2.72 bits per heavy atom. The molecule has 0 saturated carbocycles. The topological polar surface area (TPSA) is 111 Å². The first-order valence-corrected chi connectivity index (χ1v) is 12.9. The van der Waals surface area contributed by atoms with Crippen molar-refractivity contribution < 1.29 is 14.0 Å². The Morgan fingerprint density at radius 1 is 1.45 bits per heavy atom. The minimum absolute atomic E-state index is 0.0276. The van der Waals surface area contributed by atoms with Gasteiger partial charge in [0.05, 0.1) is 18.5 Å². The number of aromatic amines is 1. The zero-order valence-electron chi connectivity index (χ0n) is 18.2. The Bertz CT molecular complexity index is 962. The first-order chi connectivity index (χ1) is 13.4. The second-order valence-electron chi connectivity index (χ2n) is 9.11. The Kier molecular flexibility index (Phi) is 5.72. The van der Waals surface area contributed by atoms with Crippen LogP contribution in [0.15, 0.2) is 11.1 Å². The maximum Gasteiger partial charge on any atom is 0.280 e. The zero-order valence-corrected chi connectivity index (χ0v) is 19.2. The molecular weight excluding hydrogens is 390 g/mol. The number of anilines is 1. The smallest absolute Gasteiger partial charge is 0.280 e. The average Bonchev–Trinajstić information content (AvgIpc) is 3.16. The summed E-state index contributed by atoms with van der Waals surface area (Å²) in [6.07, 6.45) is 2.65. The van der Waals surface area contributed by atoms with Crippen LogP contribution < -0.4 is 10.9 Å². The minimum atomic E-state index is -1.96. The molecule has 0 bridgehead atoms. The lowest BCUT2D eigenvalue weighted by Crippen LogP contribution is -2.45. The van der Waals surface area contributed by atoms with Crippen molar-refractivity contribution in [3.05, 3.63) is 16.7 Å². The van der Waals surface area contributed by atoms with Crippen LogP contribution in [-0.4, -0.2) is 46.0 Å². The Hall–Kier alpha value is -2.04. The van der Waals surface area contributed by atoms with Gasteiger partial charge in [0, 0.05) is 13.3 Å². The highest BCUT2D eigenvalue weighted by Gasteiger charge is 2.44. The molecule has 0 spiro atoms. The van der Waals surface area contributed by atoms with E-state index in [-0.39, 0.29) is 40.8 Å². The molecule has 9 nitrogen and oxygen atoms in total. The summed E-state index contributed by atoms with van der Waals surface area (Å²) in [5.74, 6) is -0.222. The number of H-pyrrole nitrogens is 1. The van der Waals surface area contributed by atoms with Crippen molar-refractivity contribution in [3.8, 4) is 0 Å². The SMILES string of the molecule is CC[C@H]1O[C@@H](n2cnc3c(=O)[nH]c(NC(C)=O)nc32)CC1O[Si](C)(C)C(C)(C)C.